The second kappa shape index (κ2) is 10.6. The van der Waals surface area contributed by atoms with E-state index >= 15 is 0 Å². The Morgan fingerprint density at radius 2 is 1.48 bits per heavy atom. The summed E-state index contributed by atoms with van der Waals surface area (Å²) in [5.41, 5.74) is 0. The van der Waals surface area contributed by atoms with Gasteiger partial charge in [0.05, 0.1) is 0 Å². The molecule has 4 heteroatoms. The van der Waals surface area contributed by atoms with Gasteiger partial charge in [-0.2, -0.15) is 0 Å². The van der Waals surface area contributed by atoms with Crippen LogP contribution in [0, 0.1) is 11.8 Å². The number of ether oxygens (including phenoxy) is 1. The van der Waals surface area contributed by atoms with Gasteiger partial charge in [-0.1, -0.05) is 43.1 Å². The maximum atomic E-state index is 6.41. The van der Waals surface area contributed by atoms with Crippen molar-refractivity contribution in [2.45, 2.75) is 83.8 Å². The Labute approximate surface area is 154 Å². The van der Waals surface area contributed by atoms with Gasteiger partial charge < -0.3 is 9.16 Å². The summed E-state index contributed by atoms with van der Waals surface area (Å²) in [5, 5.41) is 1.45. The van der Waals surface area contributed by atoms with Crippen molar-refractivity contribution in [2.24, 2.45) is 11.8 Å². The zero-order valence-electron chi connectivity index (χ0n) is 16.1. The van der Waals surface area contributed by atoms with Gasteiger partial charge in [-0.05, 0) is 68.5 Å². The molecule has 1 saturated carbocycles. The lowest BCUT2D eigenvalue weighted by molar-refractivity contribution is 0.0685. The molecular weight excluding hydrogens is 368 g/mol. The van der Waals surface area contributed by atoms with Crippen LogP contribution in [-0.4, -0.2) is 33.5 Å². The van der Waals surface area contributed by atoms with Crippen molar-refractivity contribution in [3.63, 3.8) is 0 Å². The smallest absolute Gasteiger partial charge is 0.191 e. The van der Waals surface area contributed by atoms with E-state index in [0.717, 1.165) is 37.0 Å². The predicted molar refractivity (Wildman–Crippen MR) is 107 cm³/mol. The Bertz CT molecular complexity index is 307. The van der Waals surface area contributed by atoms with E-state index in [9.17, 15) is 0 Å². The van der Waals surface area contributed by atoms with Crippen LogP contribution in [0.15, 0.2) is 0 Å². The van der Waals surface area contributed by atoms with Gasteiger partial charge in [-0.25, -0.2) is 0 Å². The Kier molecular flexibility index (Phi) is 9.96. The zero-order chi connectivity index (χ0) is 17.3. The minimum Gasteiger partial charge on any atom is -0.417 e. The van der Waals surface area contributed by atoms with Crippen molar-refractivity contribution in [3.8, 4) is 0 Å². The Morgan fingerprint density at radius 3 is 2.00 bits per heavy atom. The molecule has 0 aromatic rings. The van der Waals surface area contributed by atoms with Gasteiger partial charge in [-0.3, -0.25) is 0 Å². The van der Waals surface area contributed by atoms with Crippen LogP contribution >= 0.6 is 15.9 Å². The van der Waals surface area contributed by atoms with Crippen LogP contribution in [0.1, 0.15) is 65.7 Å². The first-order valence-electron chi connectivity index (χ1n) is 9.54. The quantitative estimate of drug-likeness (QED) is 0.237. The maximum Gasteiger partial charge on any atom is 0.191 e. The standard InChI is InChI=1S/C19H39BrO2Si/c1-19(2,3)23(4,5)22-16-18-11-9-17(10-12-18)15-21-14-8-6-7-13-20/h17-18H,6-16H2,1-5H3. The van der Waals surface area contributed by atoms with Gasteiger partial charge in [0.25, 0.3) is 0 Å². The maximum absolute atomic E-state index is 6.41. The van der Waals surface area contributed by atoms with E-state index < -0.39 is 8.32 Å². The van der Waals surface area contributed by atoms with E-state index in [4.69, 9.17) is 9.16 Å². The third-order valence-electron chi connectivity index (χ3n) is 5.73. The second-order valence-electron chi connectivity index (χ2n) is 8.78. The SMILES string of the molecule is CC(C)(C)[Si](C)(C)OCC1CCC(COCCCCCBr)CC1. The van der Waals surface area contributed by atoms with E-state index in [1.807, 2.05) is 0 Å². The molecule has 0 radical (unpaired) electrons. The molecule has 0 unspecified atom stereocenters. The molecule has 0 aromatic carbocycles. The van der Waals surface area contributed by atoms with Gasteiger partial charge >= 0.3 is 0 Å². The van der Waals surface area contributed by atoms with Gasteiger partial charge in [-0.15, -0.1) is 0 Å². The van der Waals surface area contributed by atoms with Gasteiger partial charge in [0.15, 0.2) is 8.32 Å². The molecule has 0 atom stereocenters. The van der Waals surface area contributed by atoms with E-state index in [1.165, 1.54) is 44.9 Å². The number of unbranched alkanes of at least 4 members (excludes halogenated alkanes) is 2. The summed E-state index contributed by atoms with van der Waals surface area (Å²) in [4.78, 5) is 0. The minimum atomic E-state index is -1.57. The number of rotatable bonds is 10. The second-order valence-corrected chi connectivity index (χ2v) is 14.4. The van der Waals surface area contributed by atoms with E-state index in [0.29, 0.717) is 5.04 Å². The number of alkyl halides is 1. The highest BCUT2D eigenvalue weighted by Crippen LogP contribution is 2.38. The highest BCUT2D eigenvalue weighted by molar-refractivity contribution is 9.09. The molecule has 0 N–H and O–H groups in total. The monoisotopic (exact) mass is 406 g/mol. The highest BCUT2D eigenvalue weighted by atomic mass is 79.9. The lowest BCUT2D eigenvalue weighted by Crippen LogP contribution is -2.42. The van der Waals surface area contributed by atoms with Crippen LogP contribution in [0.25, 0.3) is 0 Å². The lowest BCUT2D eigenvalue weighted by atomic mass is 9.83. The fourth-order valence-corrected chi connectivity index (χ4v) is 4.31. The van der Waals surface area contributed by atoms with Crippen molar-refractivity contribution in [3.05, 3.63) is 0 Å². The number of hydrogen-bond donors (Lipinski definition) is 0. The van der Waals surface area contributed by atoms with Crippen LogP contribution in [0.4, 0.5) is 0 Å². The molecule has 0 spiro atoms. The van der Waals surface area contributed by atoms with Gasteiger partial charge in [0.2, 0.25) is 0 Å². The molecule has 1 aliphatic rings. The topological polar surface area (TPSA) is 18.5 Å². The first kappa shape index (κ1) is 21.7. The minimum absolute atomic E-state index is 0.326. The first-order chi connectivity index (χ1) is 10.8. The molecule has 23 heavy (non-hydrogen) atoms. The highest BCUT2D eigenvalue weighted by Gasteiger charge is 2.37. The van der Waals surface area contributed by atoms with Crippen molar-refractivity contribution >= 4 is 24.2 Å². The molecule has 0 amide bonds. The number of halogens is 1. The summed E-state index contributed by atoms with van der Waals surface area (Å²) < 4.78 is 12.3. The molecule has 1 aliphatic carbocycles. The summed E-state index contributed by atoms with van der Waals surface area (Å²) in [6.07, 6.45) is 9.06. The van der Waals surface area contributed by atoms with E-state index in [1.54, 1.807) is 0 Å². The molecular formula is C19H39BrO2Si. The molecule has 0 aliphatic heterocycles. The molecule has 138 valence electrons. The molecule has 0 bridgehead atoms. The third-order valence-corrected chi connectivity index (χ3v) is 10.8. The first-order valence-corrected chi connectivity index (χ1v) is 13.6. The summed E-state index contributed by atoms with van der Waals surface area (Å²) in [5.74, 6) is 1.56. The molecule has 1 fully saturated rings. The number of hydrogen-bond acceptors (Lipinski definition) is 2. The average Bonchev–Trinajstić information content (AvgIpc) is 2.49. The lowest BCUT2D eigenvalue weighted by Gasteiger charge is -2.38. The molecule has 2 nitrogen and oxygen atoms in total. The van der Waals surface area contributed by atoms with Crippen LogP contribution < -0.4 is 0 Å². The van der Waals surface area contributed by atoms with Crippen molar-refractivity contribution in [1.29, 1.82) is 0 Å². The molecule has 0 heterocycles. The van der Waals surface area contributed by atoms with E-state index in [2.05, 4.69) is 49.8 Å². The Morgan fingerprint density at radius 1 is 0.913 bits per heavy atom. The van der Waals surface area contributed by atoms with Crippen LogP contribution in [0.3, 0.4) is 0 Å². The Balaban J connectivity index is 2.11. The third kappa shape index (κ3) is 8.51. The van der Waals surface area contributed by atoms with Crippen molar-refractivity contribution in [1.82, 2.24) is 0 Å². The fraction of sp³-hybridized carbons (Fsp3) is 1.00. The summed E-state index contributed by atoms with van der Waals surface area (Å²) >= 11 is 3.47. The summed E-state index contributed by atoms with van der Waals surface area (Å²) in [6, 6.07) is 0. The van der Waals surface area contributed by atoms with Crippen molar-refractivity contribution in [2.75, 3.05) is 25.2 Å². The van der Waals surface area contributed by atoms with Crippen LogP contribution in [0.5, 0.6) is 0 Å². The summed E-state index contributed by atoms with van der Waals surface area (Å²) in [7, 11) is -1.57. The largest absolute Gasteiger partial charge is 0.417 e. The Hall–Kier alpha value is 0.617. The van der Waals surface area contributed by atoms with Gasteiger partial charge in [0.1, 0.15) is 0 Å². The zero-order valence-corrected chi connectivity index (χ0v) is 18.7. The summed E-state index contributed by atoms with van der Waals surface area (Å²) in [6.45, 7) is 14.6. The molecule has 0 aromatic heterocycles. The average molecular weight is 408 g/mol. The van der Waals surface area contributed by atoms with Gasteiger partial charge in [0, 0.05) is 25.2 Å². The van der Waals surface area contributed by atoms with Crippen LogP contribution in [0.2, 0.25) is 18.1 Å². The predicted octanol–water partition coefficient (Wildman–Crippen LogP) is 6.40. The molecule has 0 saturated heterocycles. The normalized spacial score (nSPS) is 23.2. The van der Waals surface area contributed by atoms with Crippen LogP contribution in [-0.2, 0) is 9.16 Å². The van der Waals surface area contributed by atoms with E-state index in [-0.39, 0.29) is 0 Å². The molecule has 1 rings (SSSR count). The fourth-order valence-electron chi connectivity index (χ4n) is 2.83. The van der Waals surface area contributed by atoms with Crippen molar-refractivity contribution < 1.29 is 9.16 Å².